The Balaban J connectivity index is 1.30. The summed E-state index contributed by atoms with van der Waals surface area (Å²) in [6, 6.07) is 24.8. The van der Waals surface area contributed by atoms with Crippen LogP contribution in [0.5, 0.6) is 5.75 Å². The van der Waals surface area contributed by atoms with Crippen molar-refractivity contribution >= 4 is 28.5 Å². The lowest BCUT2D eigenvalue weighted by atomic mass is 9.98. The zero-order valence-electron chi connectivity index (χ0n) is 19.3. The second-order valence-corrected chi connectivity index (χ2v) is 8.34. The summed E-state index contributed by atoms with van der Waals surface area (Å²) >= 11 is 0. The van der Waals surface area contributed by atoms with Gasteiger partial charge in [-0.1, -0.05) is 60.7 Å². The number of carbonyl (C=O) groups excluding carboxylic acids is 2. The lowest BCUT2D eigenvalue weighted by Gasteiger charge is -2.22. The molecule has 0 radical (unpaired) electrons. The molecule has 2 heterocycles. The smallest absolute Gasteiger partial charge is 0.310 e. The molecule has 5 rings (SSSR count). The van der Waals surface area contributed by atoms with Crippen LogP contribution in [0.4, 0.5) is 0 Å². The molecule has 1 amide bonds. The lowest BCUT2D eigenvalue weighted by molar-refractivity contribution is -0.152. The van der Waals surface area contributed by atoms with Gasteiger partial charge < -0.3 is 14.5 Å². The zero-order chi connectivity index (χ0) is 24.2. The summed E-state index contributed by atoms with van der Waals surface area (Å²) in [5, 5.41) is 7.02. The minimum Gasteiger partial charge on any atom is -0.497 e. The number of fused-ring (bicyclic) bond motifs is 1. The van der Waals surface area contributed by atoms with Crippen LogP contribution in [0.1, 0.15) is 29.2 Å². The molecule has 1 atom stereocenters. The molecule has 4 aromatic rings. The number of aromatic amines is 1. The summed E-state index contributed by atoms with van der Waals surface area (Å²) in [5.74, 6) is -0.0976. The third-order valence-electron chi connectivity index (χ3n) is 6.14. The van der Waals surface area contributed by atoms with Gasteiger partial charge in [-0.2, -0.15) is 5.10 Å². The van der Waals surface area contributed by atoms with E-state index in [-0.39, 0.29) is 25.0 Å². The average molecular weight is 468 g/mol. The summed E-state index contributed by atoms with van der Waals surface area (Å²) in [6.45, 7) is -0.376. The minimum absolute atomic E-state index is 0.0811. The van der Waals surface area contributed by atoms with Gasteiger partial charge in [-0.05, 0) is 34.9 Å². The van der Waals surface area contributed by atoms with E-state index in [1.807, 2.05) is 78.9 Å². The second kappa shape index (κ2) is 9.85. The number of carbonyl (C=O) groups is 2. The Hall–Kier alpha value is -4.39. The van der Waals surface area contributed by atoms with E-state index in [0.717, 1.165) is 39.1 Å². The summed E-state index contributed by atoms with van der Waals surface area (Å²) in [6.07, 6.45) is 2.44. The number of nitrogens with zero attached hydrogens (tertiary/aromatic N) is 2. The Labute approximate surface area is 203 Å². The van der Waals surface area contributed by atoms with Gasteiger partial charge in [-0.25, -0.2) is 5.01 Å². The number of hydrogen-bond acceptors (Lipinski definition) is 5. The number of ether oxygens (including phenoxy) is 2. The molecule has 1 N–H and O–H groups in total. The Morgan fingerprint density at radius 2 is 1.74 bits per heavy atom. The van der Waals surface area contributed by atoms with Crippen molar-refractivity contribution in [3.05, 3.63) is 102 Å². The maximum atomic E-state index is 13.2. The van der Waals surface area contributed by atoms with E-state index in [9.17, 15) is 9.59 Å². The first-order valence-corrected chi connectivity index (χ1v) is 11.4. The van der Waals surface area contributed by atoms with Crippen molar-refractivity contribution in [2.24, 2.45) is 5.10 Å². The van der Waals surface area contributed by atoms with Crippen LogP contribution in [-0.2, 0) is 20.7 Å². The fraction of sp³-hybridized carbons (Fsp3) is 0.179. The largest absolute Gasteiger partial charge is 0.497 e. The van der Waals surface area contributed by atoms with E-state index in [2.05, 4.69) is 10.1 Å². The predicted octanol–water partition coefficient (Wildman–Crippen LogP) is 4.64. The standard InChI is InChI=1S/C28H25N3O4/c1-34-22-13-11-20(12-14-22)26-16-25(19-7-3-2-4-8-19)30-31(26)27(32)18-35-28(33)15-21-17-29-24-10-6-5-9-23(21)24/h2-14,17,26,29H,15-16,18H2,1H3. The van der Waals surface area contributed by atoms with Gasteiger partial charge in [0.05, 0.1) is 25.3 Å². The molecule has 0 saturated heterocycles. The van der Waals surface area contributed by atoms with Crippen LogP contribution in [0.2, 0.25) is 0 Å². The summed E-state index contributed by atoms with van der Waals surface area (Å²) in [7, 11) is 1.61. The molecule has 0 aliphatic carbocycles. The van der Waals surface area contributed by atoms with Crippen LogP contribution < -0.4 is 4.74 Å². The molecule has 1 aliphatic heterocycles. The fourth-order valence-electron chi connectivity index (χ4n) is 4.32. The van der Waals surface area contributed by atoms with Crippen molar-refractivity contribution in [2.45, 2.75) is 18.9 Å². The van der Waals surface area contributed by atoms with E-state index >= 15 is 0 Å². The van der Waals surface area contributed by atoms with Gasteiger partial charge in [0.15, 0.2) is 6.61 Å². The molecule has 0 bridgehead atoms. The second-order valence-electron chi connectivity index (χ2n) is 8.34. The quantitative estimate of drug-likeness (QED) is 0.402. The average Bonchev–Trinajstić information content (AvgIpc) is 3.53. The number of methoxy groups -OCH3 is 1. The number of hydrazone groups is 1. The SMILES string of the molecule is COc1ccc(C2CC(c3ccccc3)=NN2C(=O)COC(=O)Cc2c[nH]c3ccccc23)cc1. The van der Waals surface area contributed by atoms with E-state index in [0.29, 0.717) is 6.42 Å². The van der Waals surface area contributed by atoms with Crippen molar-refractivity contribution in [1.82, 2.24) is 9.99 Å². The van der Waals surface area contributed by atoms with Gasteiger partial charge in [0.25, 0.3) is 5.91 Å². The van der Waals surface area contributed by atoms with Crippen molar-refractivity contribution in [3.63, 3.8) is 0 Å². The molecule has 1 aliphatic rings. The number of benzene rings is 3. The molecule has 176 valence electrons. The Morgan fingerprint density at radius 1 is 1.00 bits per heavy atom. The van der Waals surface area contributed by atoms with Gasteiger partial charge in [0.2, 0.25) is 0 Å². The Bertz CT molecular complexity index is 1380. The van der Waals surface area contributed by atoms with Gasteiger partial charge in [-0.15, -0.1) is 0 Å². The highest BCUT2D eigenvalue weighted by atomic mass is 16.5. The normalized spacial score (nSPS) is 15.2. The third kappa shape index (κ3) is 4.80. The van der Waals surface area contributed by atoms with E-state index < -0.39 is 5.97 Å². The monoisotopic (exact) mass is 467 g/mol. The number of para-hydroxylation sites is 1. The van der Waals surface area contributed by atoms with E-state index in [1.54, 1.807) is 13.3 Å². The number of aromatic nitrogens is 1. The van der Waals surface area contributed by atoms with Crippen molar-refractivity contribution in [1.29, 1.82) is 0 Å². The highest BCUT2D eigenvalue weighted by Gasteiger charge is 2.33. The maximum Gasteiger partial charge on any atom is 0.310 e. The molecule has 7 heteroatoms. The molecule has 35 heavy (non-hydrogen) atoms. The number of H-pyrrole nitrogens is 1. The van der Waals surface area contributed by atoms with Gasteiger partial charge in [-0.3, -0.25) is 9.59 Å². The number of amides is 1. The summed E-state index contributed by atoms with van der Waals surface area (Å²) in [5.41, 5.74) is 4.48. The van der Waals surface area contributed by atoms with Gasteiger partial charge >= 0.3 is 5.97 Å². The van der Waals surface area contributed by atoms with Crippen LogP contribution in [0, 0.1) is 0 Å². The minimum atomic E-state index is -0.462. The Morgan fingerprint density at radius 3 is 2.51 bits per heavy atom. The molecule has 1 unspecified atom stereocenters. The first kappa shape index (κ1) is 22.4. The Kier molecular flexibility index (Phi) is 6.30. The van der Waals surface area contributed by atoms with Crippen LogP contribution >= 0.6 is 0 Å². The summed E-state index contributed by atoms with van der Waals surface area (Å²) < 4.78 is 10.6. The van der Waals surface area contributed by atoms with Crippen molar-refractivity contribution in [3.8, 4) is 5.75 Å². The third-order valence-corrected chi connectivity index (χ3v) is 6.14. The lowest BCUT2D eigenvalue weighted by Crippen LogP contribution is -2.31. The molecule has 0 fully saturated rings. The van der Waals surface area contributed by atoms with E-state index in [4.69, 9.17) is 9.47 Å². The summed E-state index contributed by atoms with van der Waals surface area (Å²) in [4.78, 5) is 28.8. The molecular weight excluding hydrogens is 442 g/mol. The highest BCUT2D eigenvalue weighted by molar-refractivity contribution is 6.03. The first-order chi connectivity index (χ1) is 17.1. The van der Waals surface area contributed by atoms with E-state index in [1.165, 1.54) is 5.01 Å². The molecule has 0 saturated carbocycles. The van der Waals surface area contributed by atoms with Gasteiger partial charge in [0, 0.05) is 23.5 Å². The maximum absolute atomic E-state index is 13.2. The fourth-order valence-corrected chi connectivity index (χ4v) is 4.32. The number of hydrogen-bond donors (Lipinski definition) is 1. The zero-order valence-corrected chi connectivity index (χ0v) is 19.3. The highest BCUT2D eigenvalue weighted by Crippen LogP contribution is 2.33. The molecule has 1 aromatic heterocycles. The van der Waals surface area contributed by atoms with Crippen molar-refractivity contribution in [2.75, 3.05) is 13.7 Å². The topological polar surface area (TPSA) is 84.0 Å². The van der Waals surface area contributed by atoms with Crippen LogP contribution in [0.3, 0.4) is 0 Å². The van der Waals surface area contributed by atoms with Crippen molar-refractivity contribution < 1.29 is 19.1 Å². The number of rotatable bonds is 7. The van der Waals surface area contributed by atoms with Crippen LogP contribution in [-0.4, -0.2) is 41.3 Å². The number of esters is 1. The predicted molar refractivity (Wildman–Crippen MR) is 133 cm³/mol. The van der Waals surface area contributed by atoms with Gasteiger partial charge in [0.1, 0.15) is 5.75 Å². The van der Waals surface area contributed by atoms with Crippen LogP contribution in [0.15, 0.2) is 90.2 Å². The van der Waals surface area contributed by atoms with Crippen LogP contribution in [0.25, 0.3) is 10.9 Å². The molecule has 7 nitrogen and oxygen atoms in total. The molecule has 3 aromatic carbocycles. The first-order valence-electron chi connectivity index (χ1n) is 11.4. The number of nitrogens with one attached hydrogen (secondary N) is 1. The molecular formula is C28H25N3O4. The molecule has 0 spiro atoms.